The smallest absolute Gasteiger partial charge is 0.332 e. The predicted octanol–water partition coefficient (Wildman–Crippen LogP) is 3.85. The molecule has 146 valence electrons. The number of carbonyl (C=O) groups excluding carboxylic acids is 1. The molecule has 0 unspecified atom stereocenters. The molecule has 0 saturated heterocycles. The van der Waals surface area contributed by atoms with Crippen LogP contribution in [0.4, 0.5) is 5.69 Å². The number of esters is 1. The average Bonchev–Trinajstić information content (AvgIpc) is 2.61. The third-order valence-corrected chi connectivity index (χ3v) is 3.53. The molecule has 6 nitrogen and oxygen atoms in total. The van der Waals surface area contributed by atoms with Crippen LogP contribution in [0, 0.1) is 0 Å². The first-order chi connectivity index (χ1) is 12.8. The molecule has 27 heavy (non-hydrogen) atoms. The van der Waals surface area contributed by atoms with Gasteiger partial charge < -0.3 is 19.9 Å². The maximum atomic E-state index is 11.5. The Morgan fingerprint density at radius 1 is 1.04 bits per heavy atom. The van der Waals surface area contributed by atoms with Gasteiger partial charge in [-0.25, -0.2) is 4.79 Å². The lowest BCUT2D eigenvalue weighted by Crippen LogP contribution is -2.26. The summed E-state index contributed by atoms with van der Waals surface area (Å²) in [6.07, 6.45) is 3.30. The van der Waals surface area contributed by atoms with Crippen LogP contribution in [0.15, 0.2) is 42.6 Å². The van der Waals surface area contributed by atoms with Gasteiger partial charge in [0.25, 0.3) is 0 Å². The maximum absolute atomic E-state index is 11.5. The van der Waals surface area contributed by atoms with Gasteiger partial charge in [-0.2, -0.15) is 0 Å². The summed E-state index contributed by atoms with van der Waals surface area (Å²) in [6, 6.07) is 11.5. The van der Waals surface area contributed by atoms with Crippen molar-refractivity contribution >= 4 is 11.7 Å². The monoisotopic (exact) mass is 372 g/mol. The fraction of sp³-hybridized carbons (Fsp3) is 0.429. The summed E-state index contributed by atoms with van der Waals surface area (Å²) in [4.78, 5) is 15.8. The molecule has 0 fully saturated rings. The van der Waals surface area contributed by atoms with E-state index in [1.807, 2.05) is 57.2 Å². The van der Waals surface area contributed by atoms with E-state index < -0.39 is 5.60 Å². The number of nitrogens with two attached hydrogens (primary N) is 1. The molecule has 0 aliphatic rings. The highest BCUT2D eigenvalue weighted by atomic mass is 16.6. The van der Waals surface area contributed by atoms with E-state index in [1.54, 1.807) is 6.20 Å². The van der Waals surface area contributed by atoms with E-state index in [-0.39, 0.29) is 12.6 Å². The van der Waals surface area contributed by atoms with Gasteiger partial charge >= 0.3 is 5.97 Å². The van der Waals surface area contributed by atoms with Crippen molar-refractivity contribution < 1.29 is 19.0 Å². The third kappa shape index (κ3) is 8.09. The van der Waals surface area contributed by atoms with E-state index in [1.165, 1.54) is 0 Å². The normalized spacial score (nSPS) is 11.2. The molecule has 2 aromatic rings. The Morgan fingerprint density at radius 3 is 2.37 bits per heavy atom. The van der Waals surface area contributed by atoms with Gasteiger partial charge in [-0.05, 0) is 70.0 Å². The SMILES string of the molecule is CC(C)(C)OC(=O)COCCCCOc1ccc(-c2ccc(N)cn2)cc1. The Bertz CT molecular complexity index is 706. The van der Waals surface area contributed by atoms with Crippen LogP contribution in [0.1, 0.15) is 33.6 Å². The molecule has 6 heteroatoms. The van der Waals surface area contributed by atoms with Gasteiger partial charge in [-0.15, -0.1) is 0 Å². The number of aromatic nitrogens is 1. The first-order valence-corrected chi connectivity index (χ1v) is 9.08. The quantitative estimate of drug-likeness (QED) is 0.532. The molecule has 2 N–H and O–H groups in total. The molecule has 2 rings (SSSR count). The first kappa shape index (κ1) is 20.7. The molecule has 1 aromatic carbocycles. The number of unbranched alkanes of at least 4 members (excludes halogenated alkanes) is 1. The zero-order valence-electron chi connectivity index (χ0n) is 16.2. The van der Waals surface area contributed by atoms with E-state index in [9.17, 15) is 4.79 Å². The molecule has 0 aliphatic carbocycles. The van der Waals surface area contributed by atoms with Crippen molar-refractivity contribution in [2.45, 2.75) is 39.2 Å². The summed E-state index contributed by atoms with van der Waals surface area (Å²) in [5.74, 6) is 0.471. The standard InChI is InChI=1S/C21H28N2O4/c1-21(2,3)27-20(24)15-25-12-4-5-13-26-18-9-6-16(7-10-18)19-11-8-17(22)14-23-19/h6-11,14H,4-5,12-13,15,22H2,1-3H3. The summed E-state index contributed by atoms with van der Waals surface area (Å²) >= 11 is 0. The molecular weight excluding hydrogens is 344 g/mol. The lowest BCUT2D eigenvalue weighted by molar-refractivity contribution is -0.160. The molecule has 0 aliphatic heterocycles. The number of pyridine rings is 1. The van der Waals surface area contributed by atoms with Crippen LogP contribution in [0.5, 0.6) is 5.75 Å². The number of nitrogens with zero attached hydrogens (tertiary/aromatic N) is 1. The van der Waals surface area contributed by atoms with Crippen LogP contribution < -0.4 is 10.5 Å². The Hall–Kier alpha value is -2.60. The second-order valence-electron chi connectivity index (χ2n) is 7.20. The van der Waals surface area contributed by atoms with E-state index in [4.69, 9.17) is 19.9 Å². The second kappa shape index (κ2) is 9.92. The van der Waals surface area contributed by atoms with E-state index in [2.05, 4.69) is 4.98 Å². The van der Waals surface area contributed by atoms with Gasteiger partial charge in [-0.3, -0.25) is 4.98 Å². The van der Waals surface area contributed by atoms with Crippen molar-refractivity contribution in [2.75, 3.05) is 25.6 Å². The lowest BCUT2D eigenvalue weighted by atomic mass is 10.1. The molecule has 1 heterocycles. The van der Waals surface area contributed by atoms with Crippen molar-refractivity contribution in [2.24, 2.45) is 0 Å². The number of nitrogen functional groups attached to an aromatic ring is 1. The third-order valence-electron chi connectivity index (χ3n) is 3.53. The fourth-order valence-corrected chi connectivity index (χ4v) is 2.32. The molecule has 0 amide bonds. The zero-order valence-corrected chi connectivity index (χ0v) is 16.2. The minimum absolute atomic E-state index is 0.0151. The molecular formula is C21H28N2O4. The average molecular weight is 372 g/mol. The number of hydrogen-bond acceptors (Lipinski definition) is 6. The van der Waals surface area contributed by atoms with Crippen molar-refractivity contribution in [1.29, 1.82) is 0 Å². The molecule has 0 spiro atoms. The second-order valence-corrected chi connectivity index (χ2v) is 7.20. The zero-order chi connectivity index (χ0) is 19.7. The summed E-state index contributed by atoms with van der Waals surface area (Å²) in [6.45, 7) is 6.58. The van der Waals surface area contributed by atoms with Crippen LogP contribution >= 0.6 is 0 Å². The summed E-state index contributed by atoms with van der Waals surface area (Å²) in [5, 5.41) is 0. The molecule has 0 bridgehead atoms. The molecule has 0 atom stereocenters. The Kier molecular flexibility index (Phi) is 7.61. The minimum atomic E-state index is -0.478. The van der Waals surface area contributed by atoms with Crippen molar-refractivity contribution in [3.8, 4) is 17.0 Å². The Morgan fingerprint density at radius 2 is 1.74 bits per heavy atom. The van der Waals surface area contributed by atoms with Crippen LogP contribution in [-0.4, -0.2) is 36.4 Å². The van der Waals surface area contributed by atoms with Crippen LogP contribution in [0.2, 0.25) is 0 Å². The summed E-state index contributed by atoms with van der Waals surface area (Å²) in [7, 11) is 0. The largest absolute Gasteiger partial charge is 0.494 e. The predicted molar refractivity (Wildman–Crippen MR) is 105 cm³/mol. The van der Waals surface area contributed by atoms with Gasteiger partial charge in [0.1, 0.15) is 18.0 Å². The topological polar surface area (TPSA) is 83.7 Å². The van der Waals surface area contributed by atoms with Crippen LogP contribution in [0.3, 0.4) is 0 Å². The van der Waals surface area contributed by atoms with Gasteiger partial charge in [0.05, 0.1) is 24.2 Å². The maximum Gasteiger partial charge on any atom is 0.332 e. The van der Waals surface area contributed by atoms with Crippen LogP contribution in [-0.2, 0) is 14.3 Å². The summed E-state index contributed by atoms with van der Waals surface area (Å²) in [5.41, 5.74) is 7.71. The van der Waals surface area contributed by atoms with Crippen molar-refractivity contribution in [3.05, 3.63) is 42.6 Å². The van der Waals surface area contributed by atoms with E-state index >= 15 is 0 Å². The number of rotatable bonds is 9. The molecule has 1 aromatic heterocycles. The number of carbonyl (C=O) groups is 1. The molecule has 0 radical (unpaired) electrons. The van der Waals surface area contributed by atoms with Crippen LogP contribution in [0.25, 0.3) is 11.3 Å². The van der Waals surface area contributed by atoms with Gasteiger partial charge in [0.2, 0.25) is 0 Å². The van der Waals surface area contributed by atoms with E-state index in [0.717, 1.165) is 29.8 Å². The van der Waals surface area contributed by atoms with Crippen molar-refractivity contribution in [1.82, 2.24) is 4.98 Å². The molecule has 0 saturated carbocycles. The van der Waals surface area contributed by atoms with Crippen molar-refractivity contribution in [3.63, 3.8) is 0 Å². The summed E-state index contributed by atoms with van der Waals surface area (Å²) < 4.78 is 16.2. The number of hydrogen-bond donors (Lipinski definition) is 1. The highest BCUT2D eigenvalue weighted by Gasteiger charge is 2.15. The Labute approximate surface area is 160 Å². The highest BCUT2D eigenvalue weighted by molar-refractivity contribution is 5.71. The van der Waals surface area contributed by atoms with Gasteiger partial charge in [0, 0.05) is 12.2 Å². The first-order valence-electron chi connectivity index (χ1n) is 9.08. The Balaban J connectivity index is 1.61. The van der Waals surface area contributed by atoms with Gasteiger partial charge in [0.15, 0.2) is 0 Å². The highest BCUT2D eigenvalue weighted by Crippen LogP contribution is 2.21. The van der Waals surface area contributed by atoms with Gasteiger partial charge in [-0.1, -0.05) is 0 Å². The fourth-order valence-electron chi connectivity index (χ4n) is 2.32. The minimum Gasteiger partial charge on any atom is -0.494 e. The number of benzene rings is 1. The number of ether oxygens (including phenoxy) is 3. The number of anilines is 1. The lowest BCUT2D eigenvalue weighted by Gasteiger charge is -2.19. The van der Waals surface area contributed by atoms with E-state index in [0.29, 0.717) is 18.9 Å².